The molecule has 0 heterocycles. The lowest BCUT2D eigenvalue weighted by Gasteiger charge is -2.21. The Hall–Kier alpha value is -1.38. The Morgan fingerprint density at radius 1 is 1.33 bits per heavy atom. The van der Waals surface area contributed by atoms with Gasteiger partial charge in [-0.2, -0.15) is 0 Å². The maximum Gasteiger partial charge on any atom is 0.144 e. The number of nitrogens with zero attached hydrogens (tertiary/aromatic N) is 1. The number of anilines is 2. The number of benzene rings is 1. The van der Waals surface area contributed by atoms with E-state index in [1.54, 1.807) is 0 Å². The number of rotatable bonds is 5. The summed E-state index contributed by atoms with van der Waals surface area (Å²) >= 11 is 0. The van der Waals surface area contributed by atoms with Gasteiger partial charge in [0, 0.05) is 13.6 Å². The Kier molecular flexibility index (Phi) is 4.28. The third kappa shape index (κ3) is 2.78. The van der Waals surface area contributed by atoms with Gasteiger partial charge in [0.15, 0.2) is 0 Å². The molecule has 2 N–H and O–H groups in total. The van der Waals surface area contributed by atoms with Gasteiger partial charge in [-0.3, -0.25) is 0 Å². The lowest BCUT2D eigenvalue weighted by atomic mass is 10.2. The van der Waals surface area contributed by atoms with Crippen LogP contribution in [0.1, 0.15) is 20.3 Å². The molecule has 1 rings (SSSR count). The molecular weight excluding hydrogens is 188 g/mol. The Morgan fingerprint density at radius 2 is 2.07 bits per heavy atom. The van der Waals surface area contributed by atoms with Crippen molar-refractivity contribution < 1.29 is 4.74 Å². The maximum atomic E-state index is 6.03. The fraction of sp³-hybridized carbons (Fsp3) is 0.500. The van der Waals surface area contributed by atoms with Crippen LogP contribution in [0.5, 0.6) is 5.75 Å². The Bertz CT molecular complexity index is 312. The van der Waals surface area contributed by atoms with Gasteiger partial charge in [0.25, 0.3) is 0 Å². The molecule has 0 aliphatic carbocycles. The van der Waals surface area contributed by atoms with Gasteiger partial charge in [0.05, 0.1) is 18.0 Å². The summed E-state index contributed by atoms with van der Waals surface area (Å²) in [4.78, 5) is 2.15. The maximum absolute atomic E-state index is 6.03. The third-order valence-corrected chi connectivity index (χ3v) is 2.31. The average molecular weight is 208 g/mol. The molecular formula is C12H20N2O. The van der Waals surface area contributed by atoms with Crippen molar-refractivity contribution in [2.75, 3.05) is 30.8 Å². The van der Waals surface area contributed by atoms with Gasteiger partial charge >= 0.3 is 0 Å². The first kappa shape index (κ1) is 11.7. The molecule has 0 saturated heterocycles. The fourth-order valence-corrected chi connectivity index (χ4v) is 1.60. The van der Waals surface area contributed by atoms with Crippen molar-refractivity contribution in [2.45, 2.75) is 20.3 Å². The predicted molar refractivity (Wildman–Crippen MR) is 65.6 cm³/mol. The highest BCUT2D eigenvalue weighted by Gasteiger charge is 2.08. The molecule has 15 heavy (non-hydrogen) atoms. The summed E-state index contributed by atoms with van der Waals surface area (Å²) in [5.74, 6) is 0.776. The van der Waals surface area contributed by atoms with Gasteiger partial charge in [0.1, 0.15) is 5.75 Å². The Morgan fingerprint density at radius 3 is 2.67 bits per heavy atom. The van der Waals surface area contributed by atoms with E-state index in [2.05, 4.69) is 11.8 Å². The van der Waals surface area contributed by atoms with Crippen molar-refractivity contribution in [3.05, 3.63) is 18.2 Å². The summed E-state index contributed by atoms with van der Waals surface area (Å²) in [5, 5.41) is 0. The highest BCUT2D eigenvalue weighted by atomic mass is 16.5. The number of ether oxygens (including phenoxy) is 1. The number of nitrogen functional groups attached to an aromatic ring is 1. The number of hydrogen-bond acceptors (Lipinski definition) is 3. The van der Waals surface area contributed by atoms with E-state index < -0.39 is 0 Å². The van der Waals surface area contributed by atoms with Crippen LogP contribution in [-0.4, -0.2) is 20.2 Å². The van der Waals surface area contributed by atoms with E-state index in [0.29, 0.717) is 6.61 Å². The second kappa shape index (κ2) is 5.49. The van der Waals surface area contributed by atoms with E-state index in [9.17, 15) is 0 Å². The van der Waals surface area contributed by atoms with Crippen LogP contribution in [0.4, 0.5) is 11.4 Å². The molecule has 0 saturated carbocycles. The lowest BCUT2D eigenvalue weighted by Crippen LogP contribution is -2.19. The SMILES string of the molecule is CCCN(C)c1cccc(OCC)c1N. The smallest absolute Gasteiger partial charge is 0.144 e. The predicted octanol–water partition coefficient (Wildman–Crippen LogP) is 2.51. The molecule has 3 heteroatoms. The zero-order valence-corrected chi connectivity index (χ0v) is 9.79. The molecule has 0 aliphatic rings. The number of nitrogens with two attached hydrogens (primary N) is 1. The first-order valence-electron chi connectivity index (χ1n) is 5.43. The molecule has 0 bridgehead atoms. The molecule has 0 unspecified atom stereocenters. The van der Waals surface area contributed by atoms with E-state index in [1.807, 2.05) is 32.2 Å². The minimum Gasteiger partial charge on any atom is -0.492 e. The topological polar surface area (TPSA) is 38.5 Å². The van der Waals surface area contributed by atoms with Crippen LogP contribution < -0.4 is 15.4 Å². The van der Waals surface area contributed by atoms with Crippen LogP contribution in [0.3, 0.4) is 0 Å². The van der Waals surface area contributed by atoms with E-state index in [1.165, 1.54) is 0 Å². The van der Waals surface area contributed by atoms with Gasteiger partial charge in [-0.25, -0.2) is 0 Å². The Balaban J connectivity index is 2.92. The molecule has 1 aromatic carbocycles. The van der Waals surface area contributed by atoms with Crippen molar-refractivity contribution in [3.8, 4) is 5.75 Å². The summed E-state index contributed by atoms with van der Waals surface area (Å²) in [7, 11) is 2.05. The van der Waals surface area contributed by atoms with Crippen molar-refractivity contribution in [1.29, 1.82) is 0 Å². The van der Waals surface area contributed by atoms with E-state index in [-0.39, 0.29) is 0 Å². The summed E-state index contributed by atoms with van der Waals surface area (Å²) in [6.45, 7) is 5.76. The van der Waals surface area contributed by atoms with Crippen LogP contribution in [0, 0.1) is 0 Å². The molecule has 84 valence electrons. The standard InChI is InChI=1S/C12H20N2O/c1-4-9-14(3)10-7-6-8-11(12(10)13)15-5-2/h6-8H,4-5,9,13H2,1-3H3. The monoisotopic (exact) mass is 208 g/mol. The zero-order valence-electron chi connectivity index (χ0n) is 9.79. The number of hydrogen-bond donors (Lipinski definition) is 1. The van der Waals surface area contributed by atoms with Crippen molar-refractivity contribution in [3.63, 3.8) is 0 Å². The molecule has 1 aromatic rings. The molecule has 0 atom stereocenters. The van der Waals surface area contributed by atoms with Crippen molar-refractivity contribution in [2.24, 2.45) is 0 Å². The third-order valence-electron chi connectivity index (χ3n) is 2.31. The first-order chi connectivity index (χ1) is 7.20. The normalized spacial score (nSPS) is 10.1. The summed E-state index contributed by atoms with van der Waals surface area (Å²) in [6.07, 6.45) is 1.11. The fourth-order valence-electron chi connectivity index (χ4n) is 1.60. The van der Waals surface area contributed by atoms with Gasteiger partial charge in [0.2, 0.25) is 0 Å². The summed E-state index contributed by atoms with van der Waals surface area (Å²) in [6, 6.07) is 5.90. The second-order valence-corrected chi connectivity index (χ2v) is 3.54. The van der Waals surface area contributed by atoms with Crippen LogP contribution in [0.15, 0.2) is 18.2 Å². The average Bonchev–Trinajstić information content (AvgIpc) is 2.22. The highest BCUT2D eigenvalue weighted by molar-refractivity contribution is 5.73. The second-order valence-electron chi connectivity index (χ2n) is 3.54. The Labute approximate surface area is 91.8 Å². The molecule has 3 nitrogen and oxygen atoms in total. The molecule has 0 aliphatic heterocycles. The van der Waals surface area contributed by atoms with Crippen LogP contribution >= 0.6 is 0 Å². The molecule has 0 fully saturated rings. The molecule has 0 aromatic heterocycles. The van der Waals surface area contributed by atoms with Gasteiger partial charge in [-0.1, -0.05) is 13.0 Å². The van der Waals surface area contributed by atoms with Crippen LogP contribution in [-0.2, 0) is 0 Å². The largest absolute Gasteiger partial charge is 0.492 e. The van der Waals surface area contributed by atoms with Crippen molar-refractivity contribution in [1.82, 2.24) is 0 Å². The van der Waals surface area contributed by atoms with Gasteiger partial charge in [-0.15, -0.1) is 0 Å². The molecule has 0 spiro atoms. The highest BCUT2D eigenvalue weighted by Crippen LogP contribution is 2.31. The minimum absolute atomic E-state index is 0.644. The van der Waals surface area contributed by atoms with Gasteiger partial charge < -0.3 is 15.4 Å². The van der Waals surface area contributed by atoms with E-state index >= 15 is 0 Å². The van der Waals surface area contributed by atoms with Crippen LogP contribution in [0.2, 0.25) is 0 Å². The van der Waals surface area contributed by atoms with Crippen molar-refractivity contribution >= 4 is 11.4 Å². The quantitative estimate of drug-likeness (QED) is 0.756. The summed E-state index contributed by atoms with van der Waals surface area (Å²) < 4.78 is 5.45. The summed E-state index contributed by atoms with van der Waals surface area (Å²) in [5.41, 5.74) is 7.81. The number of para-hydroxylation sites is 1. The molecule has 0 amide bonds. The lowest BCUT2D eigenvalue weighted by molar-refractivity contribution is 0.342. The zero-order chi connectivity index (χ0) is 11.3. The van der Waals surface area contributed by atoms with E-state index in [4.69, 9.17) is 10.5 Å². The van der Waals surface area contributed by atoms with Crippen LogP contribution in [0.25, 0.3) is 0 Å². The van der Waals surface area contributed by atoms with Gasteiger partial charge in [-0.05, 0) is 25.5 Å². The molecule has 0 radical (unpaired) electrons. The first-order valence-corrected chi connectivity index (χ1v) is 5.43. The minimum atomic E-state index is 0.644. The van der Waals surface area contributed by atoms with E-state index in [0.717, 1.165) is 30.1 Å².